The highest BCUT2D eigenvalue weighted by molar-refractivity contribution is 6.04. The number of amides is 2. The fourth-order valence-electron chi connectivity index (χ4n) is 1.76. The third-order valence-electron chi connectivity index (χ3n) is 2.89. The molecule has 0 fully saturated rings. The second kappa shape index (κ2) is 7.06. The van der Waals surface area contributed by atoms with Crippen molar-refractivity contribution >= 4 is 11.8 Å². The van der Waals surface area contributed by atoms with Gasteiger partial charge in [0.2, 0.25) is 5.91 Å². The number of aromatic nitrogens is 1. The van der Waals surface area contributed by atoms with Crippen LogP contribution in [0.25, 0.3) is 0 Å². The Labute approximate surface area is 113 Å². The van der Waals surface area contributed by atoms with Gasteiger partial charge in [-0.1, -0.05) is 0 Å². The number of aliphatic hydroxyl groups is 1. The van der Waals surface area contributed by atoms with Gasteiger partial charge in [0.05, 0.1) is 13.2 Å². The van der Waals surface area contributed by atoms with Gasteiger partial charge in [0.15, 0.2) is 0 Å². The SMILES string of the molecule is CC(C)N(CCO)CC(=O)NC(=O)c1cccn1C. The molecule has 106 valence electrons. The van der Waals surface area contributed by atoms with Crippen LogP contribution < -0.4 is 5.32 Å². The van der Waals surface area contributed by atoms with Crippen LogP contribution in [0.4, 0.5) is 0 Å². The molecule has 0 atom stereocenters. The average molecular weight is 267 g/mol. The van der Waals surface area contributed by atoms with Crippen molar-refractivity contribution in [3.63, 3.8) is 0 Å². The van der Waals surface area contributed by atoms with Crippen molar-refractivity contribution in [1.82, 2.24) is 14.8 Å². The zero-order chi connectivity index (χ0) is 14.4. The molecule has 2 N–H and O–H groups in total. The lowest BCUT2D eigenvalue weighted by Gasteiger charge is -2.24. The summed E-state index contributed by atoms with van der Waals surface area (Å²) in [6.07, 6.45) is 1.74. The molecule has 0 unspecified atom stereocenters. The van der Waals surface area contributed by atoms with E-state index in [2.05, 4.69) is 5.32 Å². The minimum atomic E-state index is -0.412. The van der Waals surface area contributed by atoms with Crippen molar-refractivity contribution in [3.8, 4) is 0 Å². The Morgan fingerprint density at radius 1 is 1.47 bits per heavy atom. The highest BCUT2D eigenvalue weighted by atomic mass is 16.3. The van der Waals surface area contributed by atoms with Crippen LogP contribution in [0.5, 0.6) is 0 Å². The molecule has 0 bridgehead atoms. The van der Waals surface area contributed by atoms with Gasteiger partial charge in [-0.05, 0) is 26.0 Å². The largest absolute Gasteiger partial charge is 0.395 e. The zero-order valence-corrected chi connectivity index (χ0v) is 11.6. The highest BCUT2D eigenvalue weighted by Crippen LogP contribution is 2.00. The van der Waals surface area contributed by atoms with Crippen LogP contribution >= 0.6 is 0 Å². The topological polar surface area (TPSA) is 74.6 Å². The van der Waals surface area contributed by atoms with Crippen LogP contribution in [0.3, 0.4) is 0 Å². The number of rotatable bonds is 6. The Hall–Kier alpha value is -1.66. The van der Waals surface area contributed by atoms with Gasteiger partial charge < -0.3 is 9.67 Å². The number of carbonyl (C=O) groups is 2. The first-order chi connectivity index (χ1) is 8.95. The molecule has 6 nitrogen and oxygen atoms in total. The van der Waals surface area contributed by atoms with E-state index in [9.17, 15) is 9.59 Å². The lowest BCUT2D eigenvalue weighted by Crippen LogP contribution is -2.44. The van der Waals surface area contributed by atoms with Crippen LogP contribution in [0.15, 0.2) is 18.3 Å². The number of nitrogens with zero attached hydrogens (tertiary/aromatic N) is 2. The Morgan fingerprint density at radius 3 is 2.63 bits per heavy atom. The maximum absolute atomic E-state index is 11.8. The van der Waals surface area contributed by atoms with Crippen LogP contribution in [-0.4, -0.2) is 52.1 Å². The zero-order valence-electron chi connectivity index (χ0n) is 11.6. The van der Waals surface area contributed by atoms with Crippen molar-refractivity contribution in [2.75, 3.05) is 19.7 Å². The molecule has 2 amide bonds. The summed E-state index contributed by atoms with van der Waals surface area (Å²) in [7, 11) is 1.74. The summed E-state index contributed by atoms with van der Waals surface area (Å²) >= 11 is 0. The van der Waals surface area contributed by atoms with Gasteiger partial charge in [-0.3, -0.25) is 19.8 Å². The van der Waals surface area contributed by atoms with E-state index in [1.54, 1.807) is 34.8 Å². The van der Waals surface area contributed by atoms with Gasteiger partial charge in [-0.15, -0.1) is 0 Å². The number of nitrogens with one attached hydrogen (secondary N) is 1. The minimum Gasteiger partial charge on any atom is -0.395 e. The fourth-order valence-corrected chi connectivity index (χ4v) is 1.76. The molecule has 0 aliphatic carbocycles. The number of aliphatic hydroxyl groups excluding tert-OH is 1. The lowest BCUT2D eigenvalue weighted by atomic mass is 10.3. The number of carbonyl (C=O) groups excluding carboxylic acids is 2. The van der Waals surface area contributed by atoms with Crippen molar-refractivity contribution in [2.24, 2.45) is 7.05 Å². The molecule has 1 aromatic heterocycles. The number of hydrogen-bond acceptors (Lipinski definition) is 4. The maximum Gasteiger partial charge on any atom is 0.274 e. The van der Waals surface area contributed by atoms with Gasteiger partial charge in [0.1, 0.15) is 5.69 Å². The van der Waals surface area contributed by atoms with Crippen molar-refractivity contribution < 1.29 is 14.7 Å². The fraction of sp³-hybridized carbons (Fsp3) is 0.538. The van der Waals surface area contributed by atoms with E-state index in [4.69, 9.17) is 5.11 Å². The monoisotopic (exact) mass is 267 g/mol. The smallest absolute Gasteiger partial charge is 0.274 e. The van der Waals surface area contributed by atoms with Crippen molar-refractivity contribution in [3.05, 3.63) is 24.0 Å². The standard InChI is InChI=1S/C13H21N3O3/c1-10(2)16(7-8-17)9-12(18)14-13(19)11-5-4-6-15(11)3/h4-6,10,17H,7-9H2,1-3H3,(H,14,18,19). The summed E-state index contributed by atoms with van der Waals surface area (Å²) in [5, 5.41) is 11.3. The van der Waals surface area contributed by atoms with Gasteiger partial charge in [0, 0.05) is 25.8 Å². The molecule has 6 heteroatoms. The van der Waals surface area contributed by atoms with E-state index in [1.165, 1.54) is 0 Å². The molecule has 19 heavy (non-hydrogen) atoms. The molecule has 1 aromatic rings. The lowest BCUT2D eigenvalue weighted by molar-refractivity contribution is -0.121. The first kappa shape index (κ1) is 15.4. The summed E-state index contributed by atoms with van der Waals surface area (Å²) < 4.78 is 1.65. The summed E-state index contributed by atoms with van der Waals surface area (Å²) in [5.41, 5.74) is 0.437. The third kappa shape index (κ3) is 4.50. The second-order valence-corrected chi connectivity index (χ2v) is 4.67. The first-order valence-electron chi connectivity index (χ1n) is 6.26. The first-order valence-corrected chi connectivity index (χ1v) is 6.26. The summed E-state index contributed by atoms with van der Waals surface area (Å²) in [4.78, 5) is 25.4. The van der Waals surface area contributed by atoms with Gasteiger partial charge in [0.25, 0.3) is 5.91 Å². The Kier molecular flexibility index (Phi) is 5.72. The summed E-state index contributed by atoms with van der Waals surface area (Å²) in [6, 6.07) is 3.52. The Morgan fingerprint density at radius 2 is 2.16 bits per heavy atom. The molecule has 0 saturated heterocycles. The van der Waals surface area contributed by atoms with Crippen molar-refractivity contribution in [2.45, 2.75) is 19.9 Å². The van der Waals surface area contributed by atoms with Gasteiger partial charge in [-0.25, -0.2) is 0 Å². The van der Waals surface area contributed by atoms with Crippen LogP contribution in [0.1, 0.15) is 24.3 Å². The van der Waals surface area contributed by atoms with Crippen molar-refractivity contribution in [1.29, 1.82) is 0 Å². The Balaban J connectivity index is 2.55. The van der Waals surface area contributed by atoms with E-state index >= 15 is 0 Å². The van der Waals surface area contributed by atoms with E-state index in [0.717, 1.165) is 0 Å². The summed E-state index contributed by atoms with van der Waals surface area (Å²) in [6.45, 7) is 4.35. The molecule has 0 spiro atoms. The van der Waals surface area contributed by atoms with Crippen LogP contribution in [-0.2, 0) is 11.8 Å². The number of aryl methyl sites for hydroxylation is 1. The molecule has 0 aliphatic heterocycles. The molecular weight excluding hydrogens is 246 g/mol. The maximum atomic E-state index is 11.8. The second-order valence-electron chi connectivity index (χ2n) is 4.67. The minimum absolute atomic E-state index is 0.0166. The molecular formula is C13H21N3O3. The third-order valence-corrected chi connectivity index (χ3v) is 2.89. The molecule has 1 heterocycles. The Bertz CT molecular complexity index is 440. The number of imide groups is 1. The van der Waals surface area contributed by atoms with E-state index in [0.29, 0.717) is 12.2 Å². The van der Waals surface area contributed by atoms with E-state index < -0.39 is 5.91 Å². The summed E-state index contributed by atoms with van der Waals surface area (Å²) in [5.74, 6) is -0.779. The normalized spacial score (nSPS) is 11.1. The number of hydrogen-bond donors (Lipinski definition) is 2. The van der Waals surface area contributed by atoms with Crippen LogP contribution in [0, 0.1) is 0 Å². The van der Waals surface area contributed by atoms with Crippen LogP contribution in [0.2, 0.25) is 0 Å². The molecule has 0 saturated carbocycles. The predicted octanol–water partition coefficient (Wildman–Crippen LogP) is -0.0158. The van der Waals surface area contributed by atoms with Gasteiger partial charge >= 0.3 is 0 Å². The van der Waals surface area contributed by atoms with E-state index in [1.807, 2.05) is 13.8 Å². The predicted molar refractivity (Wildman–Crippen MR) is 71.7 cm³/mol. The quantitative estimate of drug-likeness (QED) is 0.760. The van der Waals surface area contributed by atoms with E-state index in [-0.39, 0.29) is 25.1 Å². The molecule has 0 aliphatic rings. The van der Waals surface area contributed by atoms with Gasteiger partial charge in [-0.2, -0.15) is 0 Å². The molecule has 1 rings (SSSR count). The average Bonchev–Trinajstić information content (AvgIpc) is 2.74. The highest BCUT2D eigenvalue weighted by Gasteiger charge is 2.17. The molecule has 0 radical (unpaired) electrons. The molecule has 0 aromatic carbocycles.